The summed E-state index contributed by atoms with van der Waals surface area (Å²) in [6.45, 7) is -2.11. The predicted octanol–water partition coefficient (Wildman–Crippen LogP) is 0.553. The fourth-order valence-corrected chi connectivity index (χ4v) is 3.87. The van der Waals surface area contributed by atoms with E-state index in [0.29, 0.717) is 17.5 Å². The maximum atomic E-state index is 12.4. The van der Waals surface area contributed by atoms with Crippen molar-refractivity contribution in [1.82, 2.24) is 0 Å². The van der Waals surface area contributed by atoms with Gasteiger partial charge in [0.25, 0.3) is 10.1 Å². The van der Waals surface area contributed by atoms with Crippen LogP contribution in [0, 0.1) is 5.41 Å². The van der Waals surface area contributed by atoms with Gasteiger partial charge >= 0.3 is 5.97 Å². The van der Waals surface area contributed by atoms with Crippen molar-refractivity contribution in [3.63, 3.8) is 0 Å². The molecule has 2 aromatic carbocycles. The summed E-state index contributed by atoms with van der Waals surface area (Å²) < 4.78 is 38.0. The molecule has 1 aliphatic rings. The van der Waals surface area contributed by atoms with Crippen LogP contribution in [0.4, 0.5) is 0 Å². The van der Waals surface area contributed by atoms with Gasteiger partial charge < -0.3 is 20.1 Å². The molecule has 0 aromatic heterocycles. The van der Waals surface area contributed by atoms with Crippen LogP contribution in [0.1, 0.15) is 16.7 Å². The molecule has 2 aromatic rings. The summed E-state index contributed by atoms with van der Waals surface area (Å²) in [4.78, 5) is 12.0. The number of carbonyl (C=O) groups is 1. The van der Waals surface area contributed by atoms with Crippen molar-refractivity contribution >= 4 is 16.1 Å². The first-order chi connectivity index (χ1) is 13.7. The highest BCUT2D eigenvalue weighted by Crippen LogP contribution is 2.40. The SMILES string of the molecule is O=C(Cc1cc(S(=O)(=O)O)cc2c1Cc1ccccc1-2)OCC(CO)(CO)CO. The van der Waals surface area contributed by atoms with E-state index in [4.69, 9.17) is 4.74 Å². The first kappa shape index (κ1) is 21.4. The smallest absolute Gasteiger partial charge is 0.310 e. The minimum Gasteiger partial charge on any atom is -0.465 e. The standard InChI is InChI=1S/C20H22O8S/c21-9-20(10-22,11-23)12-28-19(24)7-14-5-15(29(25,26)27)8-18-16-4-2-1-3-13(16)6-17(14)18/h1-5,8,21-23H,6-7,9-12H2,(H,25,26,27). The Hall–Kier alpha value is -2.30. The molecule has 0 saturated heterocycles. The third kappa shape index (κ3) is 4.34. The summed E-state index contributed by atoms with van der Waals surface area (Å²) in [6, 6.07) is 10.1. The van der Waals surface area contributed by atoms with E-state index >= 15 is 0 Å². The highest BCUT2D eigenvalue weighted by molar-refractivity contribution is 7.85. The van der Waals surface area contributed by atoms with Crippen LogP contribution in [0.2, 0.25) is 0 Å². The Morgan fingerprint density at radius 1 is 1.03 bits per heavy atom. The van der Waals surface area contributed by atoms with E-state index in [-0.39, 0.29) is 11.3 Å². The maximum Gasteiger partial charge on any atom is 0.310 e. The molecule has 0 spiro atoms. The molecule has 29 heavy (non-hydrogen) atoms. The summed E-state index contributed by atoms with van der Waals surface area (Å²) in [5, 5.41) is 28.0. The topological polar surface area (TPSA) is 141 Å². The summed E-state index contributed by atoms with van der Waals surface area (Å²) in [5.74, 6) is -0.713. The number of benzene rings is 2. The van der Waals surface area contributed by atoms with Crippen molar-refractivity contribution in [3.05, 3.63) is 53.1 Å². The molecule has 8 nitrogen and oxygen atoms in total. The number of rotatable bonds is 8. The lowest BCUT2D eigenvalue weighted by Gasteiger charge is -2.26. The van der Waals surface area contributed by atoms with Crippen molar-refractivity contribution < 1.29 is 37.8 Å². The molecule has 0 atom stereocenters. The highest BCUT2D eigenvalue weighted by atomic mass is 32.2. The van der Waals surface area contributed by atoms with Gasteiger partial charge in [-0.2, -0.15) is 8.42 Å². The van der Waals surface area contributed by atoms with Crippen LogP contribution in [0.3, 0.4) is 0 Å². The van der Waals surface area contributed by atoms with E-state index in [1.54, 1.807) is 0 Å². The highest BCUT2D eigenvalue weighted by Gasteiger charge is 2.31. The number of hydrogen-bond donors (Lipinski definition) is 4. The minimum atomic E-state index is -4.48. The Labute approximate surface area is 168 Å². The molecule has 0 unspecified atom stereocenters. The molecule has 0 fully saturated rings. The number of hydrogen-bond acceptors (Lipinski definition) is 7. The molecular weight excluding hydrogens is 400 g/mol. The zero-order valence-electron chi connectivity index (χ0n) is 15.5. The van der Waals surface area contributed by atoms with E-state index in [0.717, 1.165) is 16.7 Å². The molecule has 0 saturated carbocycles. The normalized spacial score (nSPS) is 13.1. The molecule has 0 bridgehead atoms. The van der Waals surface area contributed by atoms with Crippen molar-refractivity contribution in [2.24, 2.45) is 5.41 Å². The second kappa shape index (κ2) is 8.21. The summed E-state index contributed by atoms with van der Waals surface area (Å²) >= 11 is 0. The number of carbonyl (C=O) groups excluding carboxylic acids is 1. The van der Waals surface area contributed by atoms with Gasteiger partial charge in [0.1, 0.15) is 6.61 Å². The minimum absolute atomic E-state index is 0.266. The Balaban J connectivity index is 1.91. The van der Waals surface area contributed by atoms with Crippen molar-refractivity contribution in [2.45, 2.75) is 17.7 Å². The quantitative estimate of drug-likeness (QED) is 0.305. The summed E-state index contributed by atoms with van der Waals surface area (Å²) in [5.41, 5.74) is 2.26. The lowest BCUT2D eigenvalue weighted by atomic mass is 9.92. The maximum absolute atomic E-state index is 12.4. The zero-order chi connectivity index (χ0) is 21.2. The molecule has 0 heterocycles. The van der Waals surface area contributed by atoms with Gasteiger partial charge in [0.15, 0.2) is 0 Å². The largest absolute Gasteiger partial charge is 0.465 e. The first-order valence-electron chi connectivity index (χ1n) is 8.93. The van der Waals surface area contributed by atoms with Crippen LogP contribution in [0.5, 0.6) is 0 Å². The lowest BCUT2D eigenvalue weighted by Crippen LogP contribution is -2.39. The van der Waals surface area contributed by atoms with E-state index in [2.05, 4.69) is 0 Å². The van der Waals surface area contributed by atoms with Gasteiger partial charge in [-0.1, -0.05) is 24.3 Å². The van der Waals surface area contributed by atoms with Crippen LogP contribution in [-0.4, -0.2) is 60.7 Å². The molecule has 0 amide bonds. The molecule has 1 aliphatic carbocycles. The zero-order valence-corrected chi connectivity index (χ0v) is 16.4. The monoisotopic (exact) mass is 422 g/mol. The fraction of sp³-hybridized carbons (Fsp3) is 0.350. The Morgan fingerprint density at radius 2 is 1.69 bits per heavy atom. The second-order valence-electron chi connectivity index (χ2n) is 7.23. The van der Waals surface area contributed by atoms with Gasteiger partial charge in [-0.05, 0) is 46.4 Å². The Kier molecular flexibility index (Phi) is 6.06. The third-order valence-corrected chi connectivity index (χ3v) is 6.00. The molecule has 156 valence electrons. The van der Waals surface area contributed by atoms with E-state index in [9.17, 15) is 33.1 Å². The molecule has 0 radical (unpaired) electrons. The second-order valence-corrected chi connectivity index (χ2v) is 8.65. The van der Waals surface area contributed by atoms with Crippen LogP contribution < -0.4 is 0 Å². The average molecular weight is 422 g/mol. The van der Waals surface area contributed by atoms with Crippen LogP contribution >= 0.6 is 0 Å². The van der Waals surface area contributed by atoms with E-state index < -0.39 is 47.9 Å². The van der Waals surface area contributed by atoms with Crippen LogP contribution in [-0.2, 0) is 32.5 Å². The lowest BCUT2D eigenvalue weighted by molar-refractivity contribution is -0.150. The van der Waals surface area contributed by atoms with Gasteiger partial charge in [0.2, 0.25) is 0 Å². The van der Waals surface area contributed by atoms with E-state index in [1.165, 1.54) is 12.1 Å². The summed E-state index contributed by atoms with van der Waals surface area (Å²) in [7, 11) is -4.48. The van der Waals surface area contributed by atoms with Crippen molar-refractivity contribution in [2.75, 3.05) is 26.4 Å². The van der Waals surface area contributed by atoms with Crippen molar-refractivity contribution in [1.29, 1.82) is 0 Å². The number of esters is 1. The van der Waals surface area contributed by atoms with Gasteiger partial charge in [-0.3, -0.25) is 9.35 Å². The van der Waals surface area contributed by atoms with Crippen molar-refractivity contribution in [3.8, 4) is 11.1 Å². The first-order valence-corrected chi connectivity index (χ1v) is 10.4. The number of aliphatic hydroxyl groups is 3. The number of fused-ring (bicyclic) bond motifs is 3. The molecule has 3 rings (SSSR count). The third-order valence-electron chi connectivity index (χ3n) is 5.17. The van der Waals surface area contributed by atoms with Crippen LogP contribution in [0.15, 0.2) is 41.3 Å². The molecule has 0 aliphatic heterocycles. The molecule has 9 heteroatoms. The summed E-state index contributed by atoms with van der Waals surface area (Å²) in [6.07, 6.45) is 0.242. The molecule has 4 N–H and O–H groups in total. The van der Waals surface area contributed by atoms with Gasteiger partial charge in [0, 0.05) is 0 Å². The Bertz CT molecular complexity index is 1020. The Morgan fingerprint density at radius 3 is 2.31 bits per heavy atom. The number of aliphatic hydroxyl groups excluding tert-OH is 3. The average Bonchev–Trinajstić information content (AvgIpc) is 3.08. The van der Waals surface area contributed by atoms with Gasteiger partial charge in [0.05, 0.1) is 36.6 Å². The van der Waals surface area contributed by atoms with Gasteiger partial charge in [-0.25, -0.2) is 0 Å². The van der Waals surface area contributed by atoms with E-state index in [1.807, 2.05) is 24.3 Å². The van der Waals surface area contributed by atoms with Gasteiger partial charge in [-0.15, -0.1) is 0 Å². The number of ether oxygens (including phenoxy) is 1. The predicted molar refractivity (Wildman–Crippen MR) is 103 cm³/mol. The fourth-order valence-electron chi connectivity index (χ4n) is 3.31. The molecular formula is C20H22O8S. The van der Waals surface area contributed by atoms with Crippen LogP contribution in [0.25, 0.3) is 11.1 Å².